The molecule has 0 aliphatic rings. The Balaban J connectivity index is 2.22. The van der Waals surface area contributed by atoms with Gasteiger partial charge in [-0.15, -0.1) is 0 Å². The number of amides is 2. The van der Waals surface area contributed by atoms with Crippen molar-refractivity contribution >= 4 is 6.03 Å². The molecule has 0 fully saturated rings. The first-order valence-electron chi connectivity index (χ1n) is 7.08. The van der Waals surface area contributed by atoms with Gasteiger partial charge in [-0.05, 0) is 30.2 Å². The Hall–Kier alpha value is -2.40. The van der Waals surface area contributed by atoms with Gasteiger partial charge < -0.3 is 15.7 Å². The molecule has 5 heteroatoms. The molecule has 116 valence electrons. The largest absolute Gasteiger partial charge is 0.394 e. The summed E-state index contributed by atoms with van der Waals surface area (Å²) in [6, 6.07) is 14.3. The first-order chi connectivity index (χ1) is 10.6. The molecule has 0 radical (unpaired) electrons. The highest BCUT2D eigenvalue weighted by atomic mass is 19.1. The summed E-state index contributed by atoms with van der Waals surface area (Å²) >= 11 is 0. The van der Waals surface area contributed by atoms with Crippen LogP contribution in [0.2, 0.25) is 0 Å². The quantitative estimate of drug-likeness (QED) is 0.795. The van der Waals surface area contributed by atoms with Crippen LogP contribution in [0.25, 0.3) is 0 Å². The number of hydrogen-bond acceptors (Lipinski definition) is 2. The molecule has 0 spiro atoms. The van der Waals surface area contributed by atoms with E-state index >= 15 is 0 Å². The van der Waals surface area contributed by atoms with E-state index in [1.165, 1.54) is 12.1 Å². The van der Waals surface area contributed by atoms with Gasteiger partial charge in [0.2, 0.25) is 0 Å². The fourth-order valence-corrected chi connectivity index (χ4v) is 2.10. The molecule has 1 unspecified atom stereocenters. The second-order valence-electron chi connectivity index (χ2n) is 5.10. The van der Waals surface area contributed by atoms with Crippen molar-refractivity contribution in [3.63, 3.8) is 0 Å². The summed E-state index contributed by atoms with van der Waals surface area (Å²) in [5.74, 6) is -0.325. The lowest BCUT2D eigenvalue weighted by atomic mass is 9.99. The van der Waals surface area contributed by atoms with Crippen molar-refractivity contribution in [1.29, 1.82) is 0 Å². The van der Waals surface area contributed by atoms with Crippen LogP contribution in [-0.4, -0.2) is 23.8 Å². The minimum absolute atomic E-state index is 0.139. The van der Waals surface area contributed by atoms with Crippen LogP contribution in [0.3, 0.4) is 0 Å². The number of nitrogens with one attached hydrogen (secondary N) is 2. The fourth-order valence-electron chi connectivity index (χ4n) is 2.10. The van der Waals surface area contributed by atoms with Gasteiger partial charge in [-0.25, -0.2) is 9.18 Å². The van der Waals surface area contributed by atoms with Gasteiger partial charge in [-0.3, -0.25) is 0 Å². The summed E-state index contributed by atoms with van der Waals surface area (Å²) in [6.07, 6.45) is 0. The maximum Gasteiger partial charge on any atom is 0.315 e. The van der Waals surface area contributed by atoms with Gasteiger partial charge in [0.1, 0.15) is 5.82 Å². The molecule has 0 saturated carbocycles. The minimum Gasteiger partial charge on any atom is -0.394 e. The molecule has 0 aliphatic heterocycles. The van der Waals surface area contributed by atoms with Gasteiger partial charge in [0.05, 0.1) is 18.7 Å². The van der Waals surface area contributed by atoms with Crippen LogP contribution in [0, 0.1) is 5.82 Å². The van der Waals surface area contributed by atoms with E-state index < -0.39 is 6.04 Å². The summed E-state index contributed by atoms with van der Waals surface area (Å²) in [6.45, 7) is 1.56. The van der Waals surface area contributed by atoms with Crippen molar-refractivity contribution < 1.29 is 14.3 Å². The van der Waals surface area contributed by atoms with E-state index in [0.29, 0.717) is 0 Å². The lowest BCUT2D eigenvalue weighted by molar-refractivity contribution is 0.219. The minimum atomic E-state index is -0.396. The number of carbonyl (C=O) groups excluding carboxylic acids is 1. The number of hydrogen-bond donors (Lipinski definition) is 3. The summed E-state index contributed by atoms with van der Waals surface area (Å²) in [4.78, 5) is 12.0. The van der Waals surface area contributed by atoms with Crippen LogP contribution in [-0.2, 0) is 0 Å². The fraction of sp³-hybridized carbons (Fsp3) is 0.235. The molecule has 3 N–H and O–H groups in total. The Labute approximate surface area is 129 Å². The first-order valence-corrected chi connectivity index (χ1v) is 7.08. The third-order valence-corrected chi connectivity index (χ3v) is 3.26. The van der Waals surface area contributed by atoms with Crippen molar-refractivity contribution in [2.45, 2.75) is 19.0 Å². The molecular weight excluding hydrogens is 283 g/mol. The molecule has 0 heterocycles. The third kappa shape index (κ3) is 4.30. The zero-order valence-electron chi connectivity index (χ0n) is 12.3. The van der Waals surface area contributed by atoms with Crippen molar-refractivity contribution in [1.82, 2.24) is 10.6 Å². The highest BCUT2D eigenvalue weighted by Gasteiger charge is 2.17. The molecule has 0 aliphatic carbocycles. The molecule has 22 heavy (non-hydrogen) atoms. The van der Waals surface area contributed by atoms with Crippen molar-refractivity contribution in [3.05, 3.63) is 71.5 Å². The Morgan fingerprint density at radius 1 is 1.05 bits per heavy atom. The van der Waals surface area contributed by atoms with Crippen LogP contribution in [0.1, 0.15) is 24.1 Å². The number of urea groups is 1. The summed E-state index contributed by atoms with van der Waals surface area (Å²) < 4.78 is 13.1. The summed E-state index contributed by atoms with van der Waals surface area (Å²) in [5.41, 5.74) is 1.67. The topological polar surface area (TPSA) is 61.4 Å². The van der Waals surface area contributed by atoms with Crippen molar-refractivity contribution in [2.24, 2.45) is 0 Å². The number of aliphatic hydroxyl groups is 1. The van der Waals surface area contributed by atoms with E-state index in [2.05, 4.69) is 10.6 Å². The van der Waals surface area contributed by atoms with E-state index in [9.17, 15) is 9.18 Å². The molecule has 0 saturated heterocycles. The molecule has 0 aromatic heterocycles. The molecular formula is C17H19FN2O2. The van der Waals surface area contributed by atoms with Crippen LogP contribution >= 0.6 is 0 Å². The summed E-state index contributed by atoms with van der Waals surface area (Å²) in [5, 5.41) is 14.5. The van der Waals surface area contributed by atoms with Gasteiger partial charge in [0, 0.05) is 0 Å². The monoisotopic (exact) mass is 302 g/mol. The highest BCUT2D eigenvalue weighted by molar-refractivity contribution is 5.75. The molecule has 0 bridgehead atoms. The number of rotatable bonds is 5. The Kier molecular flexibility index (Phi) is 5.49. The second-order valence-corrected chi connectivity index (χ2v) is 5.10. The SMILES string of the molecule is C[C@@H](CO)NC(=O)NC(c1ccccc1)c1ccc(F)cc1. The maximum absolute atomic E-state index is 13.1. The number of carbonyl (C=O) groups is 1. The van der Waals surface area contributed by atoms with Crippen LogP contribution in [0.5, 0.6) is 0 Å². The first kappa shape index (κ1) is 16.0. The molecule has 2 rings (SSSR count). The molecule has 2 aromatic rings. The Bertz CT molecular complexity index is 602. The van der Waals surface area contributed by atoms with E-state index in [0.717, 1.165) is 11.1 Å². The lowest BCUT2D eigenvalue weighted by Gasteiger charge is -2.21. The Morgan fingerprint density at radius 2 is 1.64 bits per heavy atom. The van der Waals surface area contributed by atoms with E-state index in [1.54, 1.807) is 19.1 Å². The zero-order chi connectivity index (χ0) is 15.9. The van der Waals surface area contributed by atoms with Crippen LogP contribution < -0.4 is 10.6 Å². The van der Waals surface area contributed by atoms with Crippen LogP contribution in [0.4, 0.5) is 9.18 Å². The number of benzene rings is 2. The Morgan fingerprint density at radius 3 is 2.23 bits per heavy atom. The van der Waals surface area contributed by atoms with Gasteiger partial charge in [0.15, 0.2) is 0 Å². The second kappa shape index (κ2) is 7.56. The molecule has 2 amide bonds. The third-order valence-electron chi connectivity index (χ3n) is 3.26. The number of halogens is 1. The van der Waals surface area contributed by atoms with Gasteiger partial charge >= 0.3 is 6.03 Å². The predicted octanol–water partition coefficient (Wildman–Crippen LogP) is 2.60. The molecule has 2 atom stereocenters. The smallest absolute Gasteiger partial charge is 0.315 e. The maximum atomic E-state index is 13.1. The van der Waals surface area contributed by atoms with Crippen LogP contribution in [0.15, 0.2) is 54.6 Å². The van der Waals surface area contributed by atoms with Gasteiger partial charge in [-0.2, -0.15) is 0 Å². The normalized spacial score (nSPS) is 13.2. The number of aliphatic hydroxyl groups excluding tert-OH is 1. The average molecular weight is 302 g/mol. The average Bonchev–Trinajstić information content (AvgIpc) is 2.54. The molecule has 4 nitrogen and oxygen atoms in total. The van der Waals surface area contributed by atoms with Crippen molar-refractivity contribution in [3.8, 4) is 0 Å². The molecule has 2 aromatic carbocycles. The summed E-state index contributed by atoms with van der Waals surface area (Å²) in [7, 11) is 0. The van der Waals surface area contributed by atoms with Gasteiger partial charge in [0.25, 0.3) is 0 Å². The van der Waals surface area contributed by atoms with E-state index in [1.807, 2.05) is 30.3 Å². The van der Waals surface area contributed by atoms with Gasteiger partial charge in [-0.1, -0.05) is 42.5 Å². The van der Waals surface area contributed by atoms with Crippen molar-refractivity contribution in [2.75, 3.05) is 6.61 Å². The lowest BCUT2D eigenvalue weighted by Crippen LogP contribution is -2.43. The predicted molar refractivity (Wildman–Crippen MR) is 82.9 cm³/mol. The van der Waals surface area contributed by atoms with E-state index in [4.69, 9.17) is 5.11 Å². The van der Waals surface area contributed by atoms with E-state index in [-0.39, 0.29) is 24.5 Å². The zero-order valence-corrected chi connectivity index (χ0v) is 12.3. The standard InChI is InChI=1S/C17H19FN2O2/c1-12(11-21)19-17(22)20-16(13-5-3-2-4-6-13)14-7-9-15(18)10-8-14/h2-10,12,16,21H,11H2,1H3,(H2,19,20,22)/t12-,16?/m0/s1. The highest BCUT2D eigenvalue weighted by Crippen LogP contribution is 2.22.